The minimum Gasteiger partial charge on any atom is -0.385 e. The molecule has 3 fully saturated rings. The van der Waals surface area contributed by atoms with Crippen LogP contribution in [0.5, 0.6) is 0 Å². The Morgan fingerprint density at radius 1 is 1.41 bits per heavy atom. The van der Waals surface area contributed by atoms with Gasteiger partial charge in [-0.25, -0.2) is 0 Å². The SMILES string of the molecule is CC1(O)COB2OC(c3cn[nH]c3)(O2)C1(C)O. The van der Waals surface area contributed by atoms with Crippen LogP contribution in [0.1, 0.15) is 19.4 Å². The lowest BCUT2D eigenvalue weighted by atomic mass is 9.75. The number of aromatic nitrogens is 2. The van der Waals surface area contributed by atoms with Crippen LogP contribution >= 0.6 is 0 Å². The summed E-state index contributed by atoms with van der Waals surface area (Å²) in [5, 5.41) is 27.3. The molecule has 4 heterocycles. The van der Waals surface area contributed by atoms with Crippen molar-refractivity contribution in [2.75, 3.05) is 6.61 Å². The molecule has 0 radical (unpaired) electrons. The third-order valence-electron chi connectivity index (χ3n) is 3.59. The molecule has 8 heteroatoms. The van der Waals surface area contributed by atoms with Crippen LogP contribution < -0.4 is 0 Å². The maximum Gasteiger partial charge on any atom is 0.644 e. The van der Waals surface area contributed by atoms with Gasteiger partial charge >= 0.3 is 7.32 Å². The number of H-pyrrole nitrogens is 1. The fourth-order valence-corrected chi connectivity index (χ4v) is 2.15. The quantitative estimate of drug-likeness (QED) is 0.552. The highest BCUT2D eigenvalue weighted by molar-refractivity contribution is 6.39. The van der Waals surface area contributed by atoms with E-state index in [4.69, 9.17) is 14.0 Å². The topological polar surface area (TPSA) is 96.8 Å². The van der Waals surface area contributed by atoms with Crippen molar-refractivity contribution < 1.29 is 24.2 Å². The molecule has 3 aliphatic rings. The van der Waals surface area contributed by atoms with E-state index < -0.39 is 24.3 Å². The number of nitrogens with one attached hydrogen (secondary N) is 1. The Hall–Kier alpha value is -0.925. The number of hydrogen-bond donors (Lipinski definition) is 3. The molecule has 1 aromatic heterocycles. The maximum atomic E-state index is 10.6. The number of rotatable bonds is 1. The van der Waals surface area contributed by atoms with Crippen LogP contribution in [0.2, 0.25) is 0 Å². The molecule has 2 bridgehead atoms. The van der Waals surface area contributed by atoms with E-state index in [0.717, 1.165) is 0 Å². The lowest BCUT2D eigenvalue weighted by molar-refractivity contribution is -0.348. The van der Waals surface area contributed by atoms with Crippen molar-refractivity contribution in [2.24, 2.45) is 0 Å². The molecule has 2 unspecified atom stereocenters. The lowest BCUT2D eigenvalue weighted by Crippen LogP contribution is -2.70. The standard InChI is InChI=1S/C9H13BN2O5/c1-7(13)5-15-10-16-9(17-10,8(7,2)14)6-3-11-12-4-6/h3-4,13-14H,5H2,1-2H3,(H,11,12). The molecule has 17 heavy (non-hydrogen) atoms. The van der Waals surface area contributed by atoms with E-state index >= 15 is 0 Å². The van der Waals surface area contributed by atoms with Crippen molar-refractivity contribution in [1.29, 1.82) is 0 Å². The smallest absolute Gasteiger partial charge is 0.385 e. The Balaban J connectivity index is 2.10. The maximum absolute atomic E-state index is 10.6. The molecule has 3 saturated heterocycles. The minimum atomic E-state index is -1.67. The van der Waals surface area contributed by atoms with Gasteiger partial charge in [0.25, 0.3) is 0 Å². The summed E-state index contributed by atoms with van der Waals surface area (Å²) in [6.45, 7) is 2.84. The zero-order valence-corrected chi connectivity index (χ0v) is 9.51. The zero-order chi connectivity index (χ0) is 12.3. The zero-order valence-electron chi connectivity index (χ0n) is 9.51. The number of aromatic amines is 1. The molecule has 2 atom stereocenters. The van der Waals surface area contributed by atoms with Crippen LogP contribution in [-0.4, -0.2) is 45.5 Å². The van der Waals surface area contributed by atoms with Gasteiger partial charge in [-0.05, 0) is 13.8 Å². The van der Waals surface area contributed by atoms with Gasteiger partial charge in [0.1, 0.15) is 11.2 Å². The van der Waals surface area contributed by atoms with Crippen molar-refractivity contribution >= 4 is 7.32 Å². The first-order valence-electron chi connectivity index (χ1n) is 5.30. The Kier molecular flexibility index (Phi) is 2.03. The summed E-state index contributed by atoms with van der Waals surface area (Å²) in [6.07, 6.45) is 3.03. The molecule has 4 rings (SSSR count). The van der Waals surface area contributed by atoms with E-state index in [9.17, 15) is 10.2 Å². The normalized spacial score (nSPS) is 45.3. The van der Waals surface area contributed by atoms with Crippen LogP contribution in [0, 0.1) is 0 Å². The fourth-order valence-electron chi connectivity index (χ4n) is 2.15. The van der Waals surface area contributed by atoms with Crippen molar-refractivity contribution in [2.45, 2.75) is 30.8 Å². The van der Waals surface area contributed by atoms with Crippen molar-refractivity contribution in [3.8, 4) is 0 Å². The molecule has 0 aliphatic carbocycles. The Bertz CT molecular complexity index is 427. The van der Waals surface area contributed by atoms with E-state index in [-0.39, 0.29) is 6.61 Å². The monoisotopic (exact) mass is 240 g/mol. The molecular weight excluding hydrogens is 227 g/mol. The minimum absolute atomic E-state index is 0.0791. The summed E-state index contributed by atoms with van der Waals surface area (Å²) >= 11 is 0. The Morgan fingerprint density at radius 3 is 2.71 bits per heavy atom. The lowest BCUT2D eigenvalue weighted by Gasteiger charge is -2.52. The van der Waals surface area contributed by atoms with Crippen LogP contribution in [0.25, 0.3) is 0 Å². The highest BCUT2D eigenvalue weighted by atomic mass is 16.9. The third-order valence-corrected chi connectivity index (χ3v) is 3.59. The second-order valence-electron chi connectivity index (χ2n) is 4.79. The first kappa shape index (κ1) is 11.2. The van der Waals surface area contributed by atoms with Gasteiger partial charge in [-0.2, -0.15) is 5.10 Å². The summed E-state index contributed by atoms with van der Waals surface area (Å²) in [4.78, 5) is 0. The largest absolute Gasteiger partial charge is 0.644 e. The Labute approximate surface area is 97.9 Å². The Morgan fingerprint density at radius 2 is 2.12 bits per heavy atom. The van der Waals surface area contributed by atoms with Crippen molar-refractivity contribution in [1.82, 2.24) is 10.2 Å². The highest BCUT2D eigenvalue weighted by Crippen LogP contribution is 2.52. The first-order valence-corrected chi connectivity index (χ1v) is 5.30. The fraction of sp³-hybridized carbons (Fsp3) is 0.667. The molecule has 3 aliphatic heterocycles. The van der Waals surface area contributed by atoms with Gasteiger partial charge in [-0.3, -0.25) is 5.10 Å². The summed E-state index contributed by atoms with van der Waals surface area (Å²) < 4.78 is 16.1. The molecule has 1 aromatic rings. The summed E-state index contributed by atoms with van der Waals surface area (Å²) in [5.41, 5.74) is -2.67. The predicted octanol–water partition coefficient (Wildman–Crippen LogP) is -0.874. The van der Waals surface area contributed by atoms with Crippen LogP contribution in [0.15, 0.2) is 12.4 Å². The average Bonchev–Trinajstić information content (AvgIpc) is 2.64. The van der Waals surface area contributed by atoms with E-state index in [1.807, 2.05) is 0 Å². The first-order chi connectivity index (χ1) is 7.89. The van der Waals surface area contributed by atoms with Gasteiger partial charge in [0.15, 0.2) is 0 Å². The van der Waals surface area contributed by atoms with Crippen LogP contribution in [-0.2, 0) is 19.8 Å². The van der Waals surface area contributed by atoms with Crippen molar-refractivity contribution in [3.05, 3.63) is 18.0 Å². The van der Waals surface area contributed by atoms with Gasteiger partial charge in [-0.1, -0.05) is 0 Å². The molecule has 0 spiro atoms. The molecule has 7 nitrogen and oxygen atoms in total. The molecule has 0 amide bonds. The van der Waals surface area contributed by atoms with Crippen molar-refractivity contribution in [3.63, 3.8) is 0 Å². The molecule has 0 aromatic carbocycles. The number of aliphatic hydroxyl groups is 2. The van der Waals surface area contributed by atoms with E-state index in [1.54, 1.807) is 6.20 Å². The van der Waals surface area contributed by atoms with Gasteiger partial charge in [0.2, 0.25) is 5.79 Å². The van der Waals surface area contributed by atoms with Gasteiger partial charge in [0.05, 0.1) is 12.8 Å². The second kappa shape index (κ2) is 3.09. The van der Waals surface area contributed by atoms with Crippen LogP contribution in [0.3, 0.4) is 0 Å². The number of hydrogen-bond acceptors (Lipinski definition) is 6. The van der Waals surface area contributed by atoms with E-state index in [0.29, 0.717) is 5.56 Å². The van der Waals surface area contributed by atoms with E-state index in [1.165, 1.54) is 20.0 Å². The summed E-state index contributed by atoms with van der Waals surface area (Å²) in [6, 6.07) is 0. The average molecular weight is 240 g/mol. The molecule has 92 valence electrons. The number of nitrogens with zero attached hydrogens (tertiary/aromatic N) is 1. The predicted molar refractivity (Wildman–Crippen MR) is 55.4 cm³/mol. The molecule has 0 saturated carbocycles. The van der Waals surface area contributed by atoms with Gasteiger partial charge < -0.3 is 24.2 Å². The molecular formula is C9H13BN2O5. The van der Waals surface area contributed by atoms with Crippen LogP contribution in [0.4, 0.5) is 0 Å². The van der Waals surface area contributed by atoms with Gasteiger partial charge in [-0.15, -0.1) is 0 Å². The number of fused-ring (bicyclic) bond motifs is 3. The van der Waals surface area contributed by atoms with E-state index in [2.05, 4.69) is 10.2 Å². The third kappa shape index (κ3) is 1.21. The summed E-state index contributed by atoms with van der Waals surface area (Å²) in [7, 11) is -0.870. The molecule has 3 N–H and O–H groups in total. The van der Waals surface area contributed by atoms with Gasteiger partial charge in [0, 0.05) is 11.8 Å². The summed E-state index contributed by atoms with van der Waals surface area (Å²) in [5.74, 6) is -1.45. The highest BCUT2D eigenvalue weighted by Gasteiger charge is 2.72. The second-order valence-corrected chi connectivity index (χ2v) is 4.79.